The molecule has 1 spiro atoms. The van der Waals surface area contributed by atoms with Crippen LogP contribution in [-0.2, 0) is 4.74 Å². The average Bonchev–Trinajstić information content (AvgIpc) is 3.41. The van der Waals surface area contributed by atoms with E-state index in [1.165, 1.54) is 24.4 Å². The van der Waals surface area contributed by atoms with Gasteiger partial charge in [-0.2, -0.15) is 5.10 Å². The molecule has 2 bridgehead atoms. The molecule has 8 heteroatoms. The average molecular weight is 396 g/mol. The Hall–Kier alpha value is -2.87. The SMILES string of the molecule is O=C(NC[C@H]1[C@H]2CN(C(=O)c3cccnn3)C[C@]23CC[C@H]1O3)c1cccc(F)c1. The second-order valence-electron chi connectivity index (χ2n) is 8.05. The molecule has 3 saturated heterocycles. The summed E-state index contributed by atoms with van der Waals surface area (Å²) in [6.07, 6.45) is 3.46. The molecule has 1 aromatic carbocycles. The van der Waals surface area contributed by atoms with Gasteiger partial charge in [-0.1, -0.05) is 6.07 Å². The summed E-state index contributed by atoms with van der Waals surface area (Å²) < 4.78 is 19.7. The highest BCUT2D eigenvalue weighted by atomic mass is 19.1. The molecule has 29 heavy (non-hydrogen) atoms. The van der Waals surface area contributed by atoms with Gasteiger partial charge in [-0.3, -0.25) is 9.59 Å². The third-order valence-corrected chi connectivity index (χ3v) is 6.45. The van der Waals surface area contributed by atoms with Gasteiger partial charge in [-0.05, 0) is 43.2 Å². The molecular formula is C21H21FN4O3. The molecule has 4 atom stereocenters. The van der Waals surface area contributed by atoms with Gasteiger partial charge in [0.2, 0.25) is 0 Å². The summed E-state index contributed by atoms with van der Waals surface area (Å²) in [7, 11) is 0. The van der Waals surface area contributed by atoms with Crippen molar-refractivity contribution < 1.29 is 18.7 Å². The molecule has 3 fully saturated rings. The van der Waals surface area contributed by atoms with E-state index in [0.29, 0.717) is 30.9 Å². The van der Waals surface area contributed by atoms with Crippen LogP contribution in [0.1, 0.15) is 33.7 Å². The number of aromatic nitrogens is 2. The molecule has 7 nitrogen and oxygen atoms in total. The van der Waals surface area contributed by atoms with E-state index in [4.69, 9.17) is 4.74 Å². The van der Waals surface area contributed by atoms with E-state index in [0.717, 1.165) is 12.8 Å². The van der Waals surface area contributed by atoms with Gasteiger partial charge >= 0.3 is 0 Å². The van der Waals surface area contributed by atoms with Gasteiger partial charge in [0.05, 0.1) is 18.2 Å². The highest BCUT2D eigenvalue weighted by Gasteiger charge is 2.63. The van der Waals surface area contributed by atoms with Crippen molar-refractivity contribution in [3.05, 3.63) is 59.7 Å². The molecule has 3 aliphatic rings. The van der Waals surface area contributed by atoms with Crippen LogP contribution in [0, 0.1) is 17.7 Å². The zero-order chi connectivity index (χ0) is 20.0. The fourth-order valence-electron chi connectivity index (χ4n) is 5.14. The number of hydrogen-bond acceptors (Lipinski definition) is 5. The Labute approximate surface area is 167 Å². The maximum Gasteiger partial charge on any atom is 0.274 e. The number of benzene rings is 1. The molecule has 150 valence electrons. The van der Waals surface area contributed by atoms with E-state index in [1.807, 2.05) is 0 Å². The lowest BCUT2D eigenvalue weighted by Gasteiger charge is -2.29. The summed E-state index contributed by atoms with van der Waals surface area (Å²) in [5.74, 6) is -0.590. The number of fused-ring (bicyclic) bond motifs is 1. The first-order chi connectivity index (χ1) is 14.1. The van der Waals surface area contributed by atoms with Crippen LogP contribution in [0.3, 0.4) is 0 Å². The predicted molar refractivity (Wildman–Crippen MR) is 100 cm³/mol. The smallest absolute Gasteiger partial charge is 0.274 e. The van der Waals surface area contributed by atoms with E-state index < -0.39 is 5.82 Å². The van der Waals surface area contributed by atoms with Crippen LogP contribution in [0.15, 0.2) is 42.6 Å². The van der Waals surface area contributed by atoms with Gasteiger partial charge in [-0.25, -0.2) is 4.39 Å². The number of amides is 2. The van der Waals surface area contributed by atoms with Gasteiger partial charge in [0.15, 0.2) is 5.69 Å². The minimum Gasteiger partial charge on any atom is -0.369 e. The molecule has 0 radical (unpaired) electrons. The number of carbonyl (C=O) groups excluding carboxylic acids is 2. The maximum absolute atomic E-state index is 13.4. The Kier molecular flexibility index (Phi) is 4.31. The topological polar surface area (TPSA) is 84.4 Å². The van der Waals surface area contributed by atoms with Crippen LogP contribution in [0.25, 0.3) is 0 Å². The van der Waals surface area contributed by atoms with Crippen LogP contribution in [-0.4, -0.2) is 58.3 Å². The normalized spacial score (nSPS) is 29.7. The van der Waals surface area contributed by atoms with Crippen molar-refractivity contribution in [3.8, 4) is 0 Å². The summed E-state index contributed by atoms with van der Waals surface area (Å²) in [6.45, 7) is 1.56. The number of ether oxygens (including phenoxy) is 1. The molecular weight excluding hydrogens is 375 g/mol. The molecule has 5 rings (SSSR count). The van der Waals surface area contributed by atoms with Crippen molar-refractivity contribution in [2.75, 3.05) is 19.6 Å². The summed E-state index contributed by atoms with van der Waals surface area (Å²) >= 11 is 0. The Morgan fingerprint density at radius 1 is 1.31 bits per heavy atom. The third-order valence-electron chi connectivity index (χ3n) is 6.45. The summed E-state index contributed by atoms with van der Waals surface area (Å²) in [4.78, 5) is 27.0. The molecule has 3 aliphatic heterocycles. The number of rotatable bonds is 4. The van der Waals surface area contributed by atoms with Crippen LogP contribution >= 0.6 is 0 Å². The number of nitrogens with one attached hydrogen (secondary N) is 1. The van der Waals surface area contributed by atoms with Crippen molar-refractivity contribution in [2.45, 2.75) is 24.5 Å². The van der Waals surface area contributed by atoms with Crippen molar-refractivity contribution >= 4 is 11.8 Å². The predicted octanol–water partition coefficient (Wildman–Crippen LogP) is 1.67. The molecule has 1 N–H and O–H groups in total. The van der Waals surface area contributed by atoms with Gasteiger partial charge in [-0.15, -0.1) is 5.10 Å². The maximum atomic E-state index is 13.4. The second-order valence-corrected chi connectivity index (χ2v) is 8.05. The molecule has 2 aromatic rings. The number of nitrogens with zero attached hydrogens (tertiary/aromatic N) is 3. The van der Waals surface area contributed by atoms with Gasteiger partial charge in [0, 0.05) is 36.7 Å². The zero-order valence-corrected chi connectivity index (χ0v) is 15.8. The number of likely N-dealkylation sites (tertiary alicyclic amines) is 1. The Morgan fingerprint density at radius 3 is 3.00 bits per heavy atom. The van der Waals surface area contributed by atoms with Crippen molar-refractivity contribution in [1.29, 1.82) is 0 Å². The first-order valence-electron chi connectivity index (χ1n) is 9.84. The minimum absolute atomic E-state index is 0.0848. The lowest BCUT2D eigenvalue weighted by Crippen LogP contribution is -2.41. The van der Waals surface area contributed by atoms with Gasteiger partial charge in [0.1, 0.15) is 5.82 Å². The standard InChI is InChI=1S/C21H21FN4O3/c22-14-4-1-3-13(9-14)19(27)23-10-15-16-11-26(12-21(16)7-6-18(15)29-21)20(28)17-5-2-8-24-25-17/h1-5,8-9,15-16,18H,6-7,10-12H2,(H,23,27)/t15-,16+,18+,21+/m0/s1. The third kappa shape index (κ3) is 3.07. The fourth-order valence-corrected chi connectivity index (χ4v) is 5.14. The van der Waals surface area contributed by atoms with Crippen molar-refractivity contribution in [2.24, 2.45) is 11.8 Å². The molecule has 4 heterocycles. The molecule has 0 saturated carbocycles. The van der Waals surface area contributed by atoms with Crippen molar-refractivity contribution in [1.82, 2.24) is 20.4 Å². The van der Waals surface area contributed by atoms with E-state index in [-0.39, 0.29) is 35.4 Å². The molecule has 0 unspecified atom stereocenters. The highest BCUT2D eigenvalue weighted by Crippen LogP contribution is 2.54. The van der Waals surface area contributed by atoms with Crippen LogP contribution < -0.4 is 5.32 Å². The quantitative estimate of drug-likeness (QED) is 0.850. The zero-order valence-electron chi connectivity index (χ0n) is 15.8. The molecule has 2 amide bonds. The van der Waals surface area contributed by atoms with Crippen LogP contribution in [0.2, 0.25) is 0 Å². The Balaban J connectivity index is 1.28. The van der Waals surface area contributed by atoms with Crippen LogP contribution in [0.5, 0.6) is 0 Å². The molecule has 1 aromatic heterocycles. The fraction of sp³-hybridized carbons (Fsp3) is 0.429. The number of halogens is 1. The number of carbonyl (C=O) groups is 2. The summed E-state index contributed by atoms with van der Waals surface area (Å²) in [5.41, 5.74) is 0.292. The largest absolute Gasteiger partial charge is 0.369 e. The first-order valence-corrected chi connectivity index (χ1v) is 9.84. The molecule has 0 aliphatic carbocycles. The monoisotopic (exact) mass is 396 g/mol. The van der Waals surface area contributed by atoms with Gasteiger partial charge < -0.3 is 15.0 Å². The Bertz CT molecular complexity index is 956. The minimum atomic E-state index is -0.436. The van der Waals surface area contributed by atoms with Gasteiger partial charge in [0.25, 0.3) is 11.8 Å². The van der Waals surface area contributed by atoms with E-state index >= 15 is 0 Å². The Morgan fingerprint density at radius 2 is 2.21 bits per heavy atom. The lowest BCUT2D eigenvalue weighted by molar-refractivity contribution is 0.00310. The van der Waals surface area contributed by atoms with Crippen molar-refractivity contribution in [3.63, 3.8) is 0 Å². The van der Waals surface area contributed by atoms with E-state index in [9.17, 15) is 14.0 Å². The highest BCUT2D eigenvalue weighted by molar-refractivity contribution is 5.94. The number of hydrogen-bond donors (Lipinski definition) is 1. The van der Waals surface area contributed by atoms with Crippen LogP contribution in [0.4, 0.5) is 4.39 Å². The second kappa shape index (κ2) is 6.88. The first kappa shape index (κ1) is 18.2. The van der Waals surface area contributed by atoms with E-state index in [2.05, 4.69) is 15.5 Å². The lowest BCUT2D eigenvalue weighted by atomic mass is 9.73. The summed E-state index contributed by atoms with van der Waals surface area (Å²) in [6, 6.07) is 9.01. The van der Waals surface area contributed by atoms with E-state index in [1.54, 1.807) is 23.1 Å². The summed E-state index contributed by atoms with van der Waals surface area (Å²) in [5, 5.41) is 10.6.